The third kappa shape index (κ3) is 13.4. The van der Waals surface area contributed by atoms with Gasteiger partial charge in [0.25, 0.3) is 11.8 Å². The number of nitrogens with one attached hydrogen (secondary N) is 1. The van der Waals surface area contributed by atoms with Gasteiger partial charge in [0.15, 0.2) is 0 Å². The minimum absolute atomic E-state index is 0.140. The zero-order chi connectivity index (χ0) is 26.2. The van der Waals surface area contributed by atoms with E-state index >= 15 is 0 Å². The van der Waals surface area contributed by atoms with Crippen molar-refractivity contribution < 1.29 is 19.4 Å². The smallest absolute Gasteiger partial charge is 0.258 e. The van der Waals surface area contributed by atoms with Gasteiger partial charge in [-0.05, 0) is 38.0 Å². The van der Waals surface area contributed by atoms with Crippen molar-refractivity contribution in [3.63, 3.8) is 0 Å². The summed E-state index contributed by atoms with van der Waals surface area (Å²) in [5.74, 6) is -0.850. The third-order valence-corrected chi connectivity index (χ3v) is 4.35. The molecule has 0 bridgehead atoms. The molecule has 1 heterocycles. The van der Waals surface area contributed by atoms with E-state index in [0.29, 0.717) is 12.1 Å². The maximum Gasteiger partial charge on any atom is 0.258 e. The Morgan fingerprint density at radius 3 is 1.76 bits per heavy atom. The molecule has 1 aliphatic heterocycles. The van der Waals surface area contributed by atoms with E-state index in [-0.39, 0.29) is 18.4 Å². The van der Waals surface area contributed by atoms with E-state index in [0.717, 1.165) is 31.6 Å². The first kappa shape index (κ1) is 33.0. The van der Waals surface area contributed by atoms with Gasteiger partial charge in [0.1, 0.15) is 5.92 Å². The highest BCUT2D eigenvalue weighted by Gasteiger charge is 2.39. The molecule has 2 aromatic carbocycles. The molecular formula is C28H42N2O4. The molecule has 0 aromatic heterocycles. The number of nitrogens with zero attached hydrogens (tertiary/aromatic N) is 1. The fourth-order valence-corrected chi connectivity index (χ4v) is 2.73. The first-order valence-corrected chi connectivity index (χ1v) is 11.5. The summed E-state index contributed by atoms with van der Waals surface area (Å²) in [5, 5.41) is 9.89. The average molecular weight is 471 g/mol. The monoisotopic (exact) mass is 470 g/mol. The zero-order valence-corrected chi connectivity index (χ0v) is 21.0. The summed E-state index contributed by atoms with van der Waals surface area (Å²) in [7, 11) is 0. The quantitative estimate of drug-likeness (QED) is 0.402. The van der Waals surface area contributed by atoms with Crippen LogP contribution in [0.5, 0.6) is 0 Å². The van der Waals surface area contributed by atoms with E-state index in [9.17, 15) is 9.59 Å². The average Bonchev–Trinajstić information content (AvgIpc) is 3.20. The van der Waals surface area contributed by atoms with Crippen LogP contribution < -0.4 is 10.4 Å². The lowest BCUT2D eigenvalue weighted by Gasteiger charge is -2.14. The second-order valence-corrected chi connectivity index (χ2v) is 6.61. The van der Waals surface area contributed by atoms with Crippen LogP contribution in [0.3, 0.4) is 0 Å². The van der Waals surface area contributed by atoms with Gasteiger partial charge < -0.3 is 9.84 Å². The molecule has 0 spiro atoms. The number of anilines is 1. The number of aliphatic hydroxyl groups is 1. The van der Waals surface area contributed by atoms with Gasteiger partial charge in [-0.1, -0.05) is 68.3 Å². The Hall–Kier alpha value is -3.22. The van der Waals surface area contributed by atoms with Gasteiger partial charge in [-0.3, -0.25) is 15.0 Å². The van der Waals surface area contributed by atoms with Gasteiger partial charge in [-0.2, -0.15) is 0 Å². The molecule has 34 heavy (non-hydrogen) atoms. The van der Waals surface area contributed by atoms with E-state index in [1.54, 1.807) is 12.1 Å². The Bertz CT molecular complexity index is 750. The molecule has 6 heteroatoms. The molecule has 2 amide bonds. The number of hydrazine groups is 1. The van der Waals surface area contributed by atoms with E-state index < -0.39 is 5.92 Å². The summed E-state index contributed by atoms with van der Waals surface area (Å²) >= 11 is 0. The number of carbonyl (C=O) groups is 2. The highest BCUT2D eigenvalue weighted by Crippen LogP contribution is 2.22. The fraction of sp³-hybridized carbons (Fsp3) is 0.357. The molecule has 0 radical (unpaired) electrons. The molecule has 2 N–H and O–H groups in total. The highest BCUT2D eigenvalue weighted by molar-refractivity contribution is 6.14. The lowest BCUT2D eigenvalue weighted by Crippen LogP contribution is -2.35. The minimum Gasteiger partial charge on any atom is -0.392 e. The summed E-state index contributed by atoms with van der Waals surface area (Å²) in [5.41, 5.74) is 4.30. The predicted molar refractivity (Wildman–Crippen MR) is 142 cm³/mol. The normalized spacial score (nSPS) is 13.4. The Balaban J connectivity index is 0. The molecule has 0 saturated carbocycles. The SMILES string of the molecule is C=C.C=C.CCCCC1C(=O)NN(c2ccccc2)C1=O.CCOCC.OCc1ccccc1. The molecule has 2 aromatic rings. The largest absolute Gasteiger partial charge is 0.392 e. The van der Waals surface area contributed by atoms with Crippen LogP contribution in [0.2, 0.25) is 0 Å². The molecule has 1 aliphatic rings. The number of unbranched alkanes of at least 4 members (excludes halogenated alkanes) is 1. The number of carbonyl (C=O) groups excluding carboxylic acids is 2. The third-order valence-electron chi connectivity index (χ3n) is 4.35. The number of benzene rings is 2. The Kier molecular flexibility index (Phi) is 22.3. The second kappa shape index (κ2) is 23.0. The first-order valence-electron chi connectivity index (χ1n) is 11.5. The van der Waals surface area contributed by atoms with E-state index in [1.165, 1.54) is 5.01 Å². The van der Waals surface area contributed by atoms with E-state index in [1.807, 2.05) is 69.3 Å². The van der Waals surface area contributed by atoms with Gasteiger partial charge in [0.2, 0.25) is 0 Å². The number of para-hydroxylation sites is 1. The summed E-state index contributed by atoms with van der Waals surface area (Å²) < 4.78 is 4.83. The maximum absolute atomic E-state index is 12.1. The second-order valence-electron chi connectivity index (χ2n) is 6.61. The highest BCUT2D eigenvalue weighted by atomic mass is 16.5. The number of hydrogen-bond donors (Lipinski definition) is 2. The Morgan fingerprint density at radius 1 is 0.882 bits per heavy atom. The van der Waals surface area contributed by atoms with Crippen LogP contribution in [-0.2, 0) is 20.9 Å². The summed E-state index contributed by atoms with van der Waals surface area (Å²) in [4.78, 5) is 23.8. The van der Waals surface area contributed by atoms with Crippen LogP contribution in [0, 0.1) is 5.92 Å². The van der Waals surface area contributed by atoms with Gasteiger partial charge in [0, 0.05) is 13.2 Å². The van der Waals surface area contributed by atoms with Crippen LogP contribution in [0.25, 0.3) is 0 Å². The summed E-state index contributed by atoms with van der Waals surface area (Å²) in [6.07, 6.45) is 2.51. The molecule has 1 unspecified atom stereocenters. The van der Waals surface area contributed by atoms with Gasteiger partial charge in [0.05, 0.1) is 12.3 Å². The van der Waals surface area contributed by atoms with Crippen LogP contribution >= 0.6 is 0 Å². The van der Waals surface area contributed by atoms with Crippen LogP contribution in [0.15, 0.2) is 87.0 Å². The number of aliphatic hydroxyl groups excluding tert-OH is 1. The van der Waals surface area contributed by atoms with Gasteiger partial charge in [-0.25, -0.2) is 5.01 Å². The first-order chi connectivity index (χ1) is 16.6. The summed E-state index contributed by atoms with van der Waals surface area (Å²) in [6, 6.07) is 18.7. The number of ether oxygens (including phenoxy) is 1. The fourth-order valence-electron chi connectivity index (χ4n) is 2.73. The standard InChI is InChI=1S/C13H16N2O2.C7H8O.C4H10O.2C2H4/c1-2-3-9-11-12(16)14-15(13(11)17)10-7-5-4-6-8-10;8-6-7-4-2-1-3-5-7;1-3-5-4-2;2*1-2/h4-8,11H,2-3,9H2,1H3,(H,14,16);1-5,8H,6H2;3-4H2,1-2H3;2*1-2H2. The summed E-state index contributed by atoms with van der Waals surface area (Å²) in [6.45, 7) is 19.9. The van der Waals surface area contributed by atoms with Crippen molar-refractivity contribution in [2.24, 2.45) is 5.92 Å². The van der Waals surface area contributed by atoms with Crippen LogP contribution in [0.1, 0.15) is 45.6 Å². The zero-order valence-electron chi connectivity index (χ0n) is 21.0. The van der Waals surface area contributed by atoms with Crippen molar-refractivity contribution in [1.29, 1.82) is 0 Å². The van der Waals surface area contributed by atoms with Crippen molar-refractivity contribution in [3.05, 3.63) is 92.5 Å². The molecule has 188 valence electrons. The molecule has 1 atom stereocenters. The molecule has 1 fully saturated rings. The van der Waals surface area contributed by atoms with Crippen LogP contribution in [0.4, 0.5) is 5.69 Å². The Labute approximate surface area is 205 Å². The number of rotatable bonds is 7. The predicted octanol–water partition coefficient (Wildman–Crippen LogP) is 5.70. The van der Waals surface area contributed by atoms with Gasteiger partial charge >= 0.3 is 0 Å². The van der Waals surface area contributed by atoms with Crippen molar-refractivity contribution in [2.45, 2.75) is 46.6 Å². The molecule has 3 rings (SSSR count). The lowest BCUT2D eigenvalue weighted by atomic mass is 10.0. The van der Waals surface area contributed by atoms with Crippen LogP contribution in [-0.4, -0.2) is 30.1 Å². The number of hydrogen-bond acceptors (Lipinski definition) is 4. The lowest BCUT2D eigenvalue weighted by molar-refractivity contribution is -0.127. The van der Waals surface area contributed by atoms with E-state index in [4.69, 9.17) is 9.84 Å². The van der Waals surface area contributed by atoms with Gasteiger partial charge in [-0.15, -0.1) is 26.3 Å². The molecular weight excluding hydrogens is 428 g/mol. The molecule has 1 saturated heterocycles. The molecule has 6 nitrogen and oxygen atoms in total. The Morgan fingerprint density at radius 2 is 1.38 bits per heavy atom. The maximum atomic E-state index is 12.1. The number of amides is 2. The van der Waals surface area contributed by atoms with Crippen molar-refractivity contribution >= 4 is 17.5 Å². The molecule has 0 aliphatic carbocycles. The van der Waals surface area contributed by atoms with E-state index in [2.05, 4.69) is 31.7 Å². The minimum atomic E-state index is -0.518. The van der Waals surface area contributed by atoms with Crippen molar-refractivity contribution in [2.75, 3.05) is 18.2 Å². The van der Waals surface area contributed by atoms with Crippen molar-refractivity contribution in [3.8, 4) is 0 Å². The van der Waals surface area contributed by atoms with Crippen molar-refractivity contribution in [1.82, 2.24) is 5.43 Å². The topological polar surface area (TPSA) is 78.9 Å².